The molecule has 0 amide bonds. The van der Waals surface area contributed by atoms with Gasteiger partial charge in [0.1, 0.15) is 0 Å². The highest BCUT2D eigenvalue weighted by atomic mass is 15.2. The van der Waals surface area contributed by atoms with Gasteiger partial charge in [0.05, 0.1) is 11.6 Å². The van der Waals surface area contributed by atoms with E-state index in [0.29, 0.717) is 0 Å². The van der Waals surface area contributed by atoms with E-state index in [1.807, 2.05) is 0 Å². The number of rotatable bonds is 0. The van der Waals surface area contributed by atoms with E-state index in [2.05, 4.69) is 41.5 Å². The summed E-state index contributed by atoms with van der Waals surface area (Å²) in [6.07, 6.45) is 2.28. The van der Waals surface area contributed by atoms with Gasteiger partial charge in [-0.2, -0.15) is 0 Å². The molecule has 0 aliphatic carbocycles. The van der Waals surface area contributed by atoms with Gasteiger partial charge in [0.25, 0.3) is 0 Å². The van der Waals surface area contributed by atoms with Crippen LogP contribution < -0.4 is 16.0 Å². The van der Waals surface area contributed by atoms with E-state index in [4.69, 9.17) is 5.73 Å². The summed E-state index contributed by atoms with van der Waals surface area (Å²) in [5.74, 6) is 0. The van der Waals surface area contributed by atoms with Crippen molar-refractivity contribution in [2.75, 3.05) is 25.0 Å². The van der Waals surface area contributed by atoms with Crippen molar-refractivity contribution in [3.8, 4) is 0 Å². The first-order chi connectivity index (χ1) is 7.76. The minimum atomic E-state index is 0.148. The molecule has 2 aliphatic rings. The zero-order chi connectivity index (χ0) is 11.2. The second-order valence-corrected chi connectivity index (χ2v) is 4.95. The lowest BCUT2D eigenvalue weighted by Gasteiger charge is -2.44. The maximum atomic E-state index is 6.48. The molecule has 16 heavy (non-hydrogen) atoms. The average Bonchev–Trinajstić information content (AvgIpc) is 2.55. The van der Waals surface area contributed by atoms with Crippen molar-refractivity contribution < 1.29 is 0 Å². The molecule has 1 atom stereocenters. The molecule has 2 aliphatic heterocycles. The highest BCUT2D eigenvalue weighted by molar-refractivity contribution is 5.63. The SMILES string of the molecule is CN1c2ccccc2[C@H](N)C12CCNCC2. The fourth-order valence-corrected chi connectivity index (χ4v) is 3.30. The molecule has 1 spiro atoms. The summed E-state index contributed by atoms with van der Waals surface area (Å²) in [6.45, 7) is 2.15. The molecular formula is C13H19N3. The monoisotopic (exact) mass is 217 g/mol. The maximum Gasteiger partial charge on any atom is 0.0616 e. The molecule has 3 rings (SSSR count). The first-order valence-corrected chi connectivity index (χ1v) is 6.05. The first-order valence-electron chi connectivity index (χ1n) is 6.05. The molecule has 3 N–H and O–H groups in total. The van der Waals surface area contributed by atoms with Crippen molar-refractivity contribution >= 4 is 5.69 Å². The Morgan fingerprint density at radius 1 is 1.31 bits per heavy atom. The molecule has 0 radical (unpaired) electrons. The van der Waals surface area contributed by atoms with Crippen LogP contribution in [0.5, 0.6) is 0 Å². The van der Waals surface area contributed by atoms with Crippen LogP contribution in [0.15, 0.2) is 24.3 Å². The standard InChI is InChI=1S/C13H19N3/c1-16-11-5-3-2-4-10(11)12(14)13(16)6-8-15-9-7-13/h2-5,12,15H,6-9,14H2,1H3/t12-/m0/s1. The quantitative estimate of drug-likeness (QED) is 0.687. The van der Waals surface area contributed by atoms with Crippen LogP contribution in [0.25, 0.3) is 0 Å². The average molecular weight is 217 g/mol. The van der Waals surface area contributed by atoms with Crippen LogP contribution in [0, 0.1) is 0 Å². The summed E-state index contributed by atoms with van der Waals surface area (Å²) in [4.78, 5) is 2.41. The largest absolute Gasteiger partial charge is 0.367 e. The van der Waals surface area contributed by atoms with Gasteiger partial charge in [0, 0.05) is 12.7 Å². The molecule has 0 saturated carbocycles. The number of piperidine rings is 1. The number of nitrogens with zero attached hydrogens (tertiary/aromatic N) is 1. The van der Waals surface area contributed by atoms with Crippen molar-refractivity contribution in [3.05, 3.63) is 29.8 Å². The second-order valence-electron chi connectivity index (χ2n) is 4.95. The number of nitrogens with one attached hydrogen (secondary N) is 1. The molecule has 0 unspecified atom stereocenters. The van der Waals surface area contributed by atoms with Crippen LogP contribution in [0.3, 0.4) is 0 Å². The smallest absolute Gasteiger partial charge is 0.0616 e. The molecule has 1 saturated heterocycles. The predicted molar refractivity (Wildman–Crippen MR) is 66.6 cm³/mol. The fraction of sp³-hybridized carbons (Fsp3) is 0.538. The van der Waals surface area contributed by atoms with Gasteiger partial charge in [-0.15, -0.1) is 0 Å². The van der Waals surface area contributed by atoms with Crippen LogP contribution in [-0.4, -0.2) is 25.7 Å². The van der Waals surface area contributed by atoms with E-state index < -0.39 is 0 Å². The van der Waals surface area contributed by atoms with E-state index in [1.165, 1.54) is 11.3 Å². The van der Waals surface area contributed by atoms with Crippen LogP contribution in [-0.2, 0) is 0 Å². The summed E-state index contributed by atoms with van der Waals surface area (Å²) in [7, 11) is 2.19. The Hall–Kier alpha value is -1.06. The van der Waals surface area contributed by atoms with E-state index in [0.717, 1.165) is 25.9 Å². The normalized spacial score (nSPS) is 27.1. The lowest BCUT2D eigenvalue weighted by Crippen LogP contribution is -2.55. The van der Waals surface area contributed by atoms with Crippen molar-refractivity contribution in [1.29, 1.82) is 0 Å². The highest BCUT2D eigenvalue weighted by Crippen LogP contribution is 2.48. The number of para-hydroxylation sites is 1. The number of fused-ring (bicyclic) bond motifs is 1. The molecule has 3 heteroatoms. The molecular weight excluding hydrogens is 198 g/mol. The molecule has 3 nitrogen and oxygen atoms in total. The van der Waals surface area contributed by atoms with Gasteiger partial charge in [-0.05, 0) is 37.6 Å². The van der Waals surface area contributed by atoms with Crippen molar-refractivity contribution in [3.63, 3.8) is 0 Å². The van der Waals surface area contributed by atoms with Crippen LogP contribution >= 0.6 is 0 Å². The first kappa shape index (κ1) is 10.1. The minimum Gasteiger partial charge on any atom is -0.367 e. The van der Waals surface area contributed by atoms with E-state index >= 15 is 0 Å². The Labute approximate surface area is 96.6 Å². The van der Waals surface area contributed by atoms with E-state index in [-0.39, 0.29) is 11.6 Å². The lowest BCUT2D eigenvalue weighted by molar-refractivity contribution is 0.268. The molecule has 1 fully saturated rings. The van der Waals surface area contributed by atoms with Crippen molar-refractivity contribution in [2.45, 2.75) is 24.4 Å². The Morgan fingerprint density at radius 2 is 2.00 bits per heavy atom. The topological polar surface area (TPSA) is 41.3 Å². The number of hydrogen-bond donors (Lipinski definition) is 2. The van der Waals surface area contributed by atoms with Crippen LogP contribution in [0.4, 0.5) is 5.69 Å². The van der Waals surface area contributed by atoms with E-state index in [9.17, 15) is 0 Å². The summed E-state index contributed by atoms with van der Waals surface area (Å²) in [5.41, 5.74) is 9.25. The molecule has 1 aromatic rings. The van der Waals surface area contributed by atoms with E-state index in [1.54, 1.807) is 0 Å². The number of likely N-dealkylation sites (N-methyl/N-ethyl adjacent to an activating group) is 1. The third kappa shape index (κ3) is 1.16. The zero-order valence-corrected chi connectivity index (χ0v) is 9.74. The van der Waals surface area contributed by atoms with Gasteiger partial charge in [-0.3, -0.25) is 0 Å². The Morgan fingerprint density at radius 3 is 2.69 bits per heavy atom. The van der Waals surface area contributed by atoms with Gasteiger partial charge in [-0.1, -0.05) is 18.2 Å². The number of benzene rings is 1. The summed E-state index contributed by atoms with van der Waals surface area (Å²) in [6, 6.07) is 8.71. The third-order valence-electron chi connectivity index (χ3n) is 4.35. The summed E-state index contributed by atoms with van der Waals surface area (Å²) >= 11 is 0. The molecule has 86 valence electrons. The minimum absolute atomic E-state index is 0.148. The Bertz CT molecular complexity index is 365. The molecule has 1 aromatic carbocycles. The highest BCUT2D eigenvalue weighted by Gasteiger charge is 2.48. The molecule has 0 bridgehead atoms. The predicted octanol–water partition coefficient (Wildman–Crippen LogP) is 1.26. The third-order valence-corrected chi connectivity index (χ3v) is 4.35. The van der Waals surface area contributed by atoms with Crippen LogP contribution in [0.2, 0.25) is 0 Å². The summed E-state index contributed by atoms with van der Waals surface area (Å²) in [5, 5.41) is 3.42. The van der Waals surface area contributed by atoms with Crippen molar-refractivity contribution in [1.82, 2.24) is 5.32 Å². The second kappa shape index (κ2) is 3.47. The summed E-state index contributed by atoms with van der Waals surface area (Å²) < 4.78 is 0. The van der Waals surface area contributed by atoms with Gasteiger partial charge >= 0.3 is 0 Å². The maximum absolute atomic E-state index is 6.48. The van der Waals surface area contributed by atoms with Gasteiger partial charge in [-0.25, -0.2) is 0 Å². The fourth-order valence-electron chi connectivity index (χ4n) is 3.30. The Kier molecular flexibility index (Phi) is 2.19. The molecule has 0 aromatic heterocycles. The number of anilines is 1. The van der Waals surface area contributed by atoms with Crippen LogP contribution in [0.1, 0.15) is 24.4 Å². The Balaban J connectivity index is 2.06. The zero-order valence-electron chi connectivity index (χ0n) is 9.74. The van der Waals surface area contributed by atoms with Gasteiger partial charge < -0.3 is 16.0 Å². The lowest BCUT2D eigenvalue weighted by atomic mass is 9.81. The van der Waals surface area contributed by atoms with Gasteiger partial charge in [0.2, 0.25) is 0 Å². The number of nitrogens with two attached hydrogens (primary N) is 1. The number of hydrogen-bond acceptors (Lipinski definition) is 3. The molecule has 2 heterocycles. The van der Waals surface area contributed by atoms with Gasteiger partial charge in [0.15, 0.2) is 0 Å². The van der Waals surface area contributed by atoms with Crippen molar-refractivity contribution in [2.24, 2.45) is 5.73 Å².